The summed E-state index contributed by atoms with van der Waals surface area (Å²) < 4.78 is 20.4. The molecule has 0 radical (unpaired) electrons. The van der Waals surface area contributed by atoms with Gasteiger partial charge < -0.3 is 25.3 Å². The molecular weight excluding hydrogens is 515 g/mol. The van der Waals surface area contributed by atoms with Gasteiger partial charge in [0.05, 0.1) is 47.6 Å². The normalized spacial score (nSPS) is 15.5. The molecular formula is C27H29FN10O2. The first kappa shape index (κ1) is 25.8. The predicted molar refractivity (Wildman–Crippen MR) is 150 cm³/mol. The molecule has 1 atom stereocenters. The largest absolute Gasteiger partial charge is 0.383 e. The molecule has 12 nitrogen and oxygen atoms in total. The predicted octanol–water partition coefficient (Wildman–Crippen LogP) is 2.98. The van der Waals surface area contributed by atoms with Crippen molar-refractivity contribution >= 4 is 45.2 Å². The fourth-order valence-corrected chi connectivity index (χ4v) is 4.95. The highest BCUT2D eigenvalue weighted by Gasteiger charge is 2.29. The number of piperazine rings is 1. The number of aromatic amines is 2. The Labute approximate surface area is 229 Å². The summed E-state index contributed by atoms with van der Waals surface area (Å²) in [5.74, 6) is -0.513. The lowest BCUT2D eigenvalue weighted by atomic mass is 10.1. The van der Waals surface area contributed by atoms with E-state index in [2.05, 4.69) is 57.6 Å². The Morgan fingerprint density at radius 2 is 2.02 bits per heavy atom. The molecule has 1 fully saturated rings. The van der Waals surface area contributed by atoms with Gasteiger partial charge >= 0.3 is 0 Å². The summed E-state index contributed by atoms with van der Waals surface area (Å²) in [6.45, 7) is 3.62. The topological polar surface area (TPSA) is 140 Å². The molecule has 5 heterocycles. The molecule has 1 aromatic carbocycles. The molecule has 0 bridgehead atoms. The van der Waals surface area contributed by atoms with E-state index in [1.54, 1.807) is 25.7 Å². The van der Waals surface area contributed by atoms with Crippen molar-refractivity contribution in [3.63, 3.8) is 0 Å². The molecule has 4 aromatic heterocycles. The van der Waals surface area contributed by atoms with Gasteiger partial charge in [0.2, 0.25) is 11.9 Å². The lowest BCUT2D eigenvalue weighted by Gasteiger charge is -2.36. The van der Waals surface area contributed by atoms with E-state index >= 15 is 4.39 Å². The summed E-state index contributed by atoms with van der Waals surface area (Å²) >= 11 is 0. The first-order valence-corrected chi connectivity index (χ1v) is 12.9. The van der Waals surface area contributed by atoms with E-state index < -0.39 is 11.9 Å². The van der Waals surface area contributed by atoms with Crippen molar-refractivity contribution in [2.75, 3.05) is 57.6 Å². The van der Waals surface area contributed by atoms with Crippen molar-refractivity contribution in [2.24, 2.45) is 0 Å². The third kappa shape index (κ3) is 5.09. The van der Waals surface area contributed by atoms with Crippen molar-refractivity contribution in [1.29, 1.82) is 0 Å². The number of ether oxygens (including phenoxy) is 1. The van der Waals surface area contributed by atoms with Crippen LogP contribution in [0, 0.1) is 5.82 Å². The van der Waals surface area contributed by atoms with Gasteiger partial charge in [0.15, 0.2) is 5.82 Å². The third-order valence-corrected chi connectivity index (χ3v) is 7.12. The number of carbonyl (C=O) groups is 1. The van der Waals surface area contributed by atoms with E-state index in [9.17, 15) is 4.79 Å². The molecule has 1 saturated heterocycles. The Kier molecular flexibility index (Phi) is 7.07. The summed E-state index contributed by atoms with van der Waals surface area (Å²) in [5.41, 5.74) is 4.03. The number of nitrogens with zero attached hydrogens (tertiary/aromatic N) is 6. The quantitative estimate of drug-likeness (QED) is 0.232. The van der Waals surface area contributed by atoms with Crippen molar-refractivity contribution < 1.29 is 13.9 Å². The highest BCUT2D eigenvalue weighted by molar-refractivity contribution is 6.06. The average molecular weight is 545 g/mol. The lowest BCUT2D eigenvalue weighted by Crippen LogP contribution is -2.54. The van der Waals surface area contributed by atoms with Crippen LogP contribution in [0.15, 0.2) is 49.1 Å². The van der Waals surface area contributed by atoms with Crippen LogP contribution < -0.4 is 10.6 Å². The molecule has 13 heteroatoms. The number of hydrogen-bond acceptors (Lipinski definition) is 9. The highest BCUT2D eigenvalue weighted by Crippen LogP contribution is 2.33. The minimum Gasteiger partial charge on any atom is -0.383 e. The van der Waals surface area contributed by atoms with Gasteiger partial charge in [-0.2, -0.15) is 5.10 Å². The van der Waals surface area contributed by atoms with E-state index in [0.29, 0.717) is 27.8 Å². The minimum absolute atomic E-state index is 0.123. The van der Waals surface area contributed by atoms with Crippen LogP contribution in [0.4, 0.5) is 21.7 Å². The summed E-state index contributed by atoms with van der Waals surface area (Å²) in [5, 5.41) is 13.7. The smallest absolute Gasteiger partial charge is 0.244 e. The number of halogens is 1. The van der Waals surface area contributed by atoms with E-state index in [4.69, 9.17) is 4.74 Å². The van der Waals surface area contributed by atoms with Crippen LogP contribution in [0.25, 0.3) is 33.2 Å². The Balaban J connectivity index is 1.26. The zero-order chi connectivity index (χ0) is 27.6. The summed E-state index contributed by atoms with van der Waals surface area (Å²) in [6.07, 6.45) is 6.07. The molecule has 0 spiro atoms. The summed E-state index contributed by atoms with van der Waals surface area (Å²) in [7, 11) is 3.67. The van der Waals surface area contributed by atoms with Gasteiger partial charge in [0.1, 0.15) is 17.3 Å². The molecule has 1 aliphatic heterocycles. The first-order valence-electron chi connectivity index (χ1n) is 12.9. The van der Waals surface area contributed by atoms with E-state index in [1.807, 2.05) is 24.3 Å². The number of rotatable bonds is 8. The number of benzene rings is 1. The number of methoxy groups -OCH3 is 1. The maximum atomic E-state index is 15.0. The van der Waals surface area contributed by atoms with Crippen LogP contribution in [0.3, 0.4) is 0 Å². The average Bonchev–Trinajstić information content (AvgIpc) is 3.61. The molecule has 0 saturated carbocycles. The Bertz CT molecular complexity index is 1660. The number of nitrogens with one attached hydrogen (secondary N) is 4. The lowest BCUT2D eigenvalue weighted by molar-refractivity contribution is -0.124. The summed E-state index contributed by atoms with van der Waals surface area (Å²) in [6, 6.07) is 6.89. The summed E-state index contributed by atoms with van der Waals surface area (Å²) in [4.78, 5) is 33.8. The molecule has 5 aromatic rings. The zero-order valence-corrected chi connectivity index (χ0v) is 22.1. The van der Waals surface area contributed by atoms with Gasteiger partial charge in [-0.1, -0.05) is 12.1 Å². The molecule has 4 N–H and O–H groups in total. The highest BCUT2D eigenvalue weighted by atomic mass is 19.1. The molecule has 1 aliphatic rings. The fraction of sp³-hybridized carbons (Fsp3) is 0.296. The van der Waals surface area contributed by atoms with Crippen molar-refractivity contribution in [3.05, 3.63) is 54.9 Å². The zero-order valence-electron chi connectivity index (χ0n) is 22.1. The number of para-hydroxylation sites is 1. The number of carbonyl (C=O) groups excluding carboxylic acids is 1. The maximum Gasteiger partial charge on any atom is 0.244 e. The standard InChI is InChI=1S/C27H29FN10O2/c1-37-6-8-38(9-7-37)23(15-40-2)26(39)34-20-5-3-4-17-18(12-30-25(17)20)24-19(28)13-31-27(35-24)33-16-10-21-22(29-11-16)14-32-36-21/h3-5,10-14,23,30H,6-9,15H2,1-2H3,(H,32,36)(H,34,39)(H,31,33,35)/t23-/m1/s1. The second-order valence-corrected chi connectivity index (χ2v) is 9.77. The fourth-order valence-electron chi connectivity index (χ4n) is 4.95. The van der Waals surface area contributed by atoms with Gasteiger partial charge in [-0.05, 0) is 19.2 Å². The molecule has 0 aliphatic carbocycles. The number of likely N-dealkylation sites (N-methyl/N-ethyl adjacent to an activating group) is 1. The molecule has 1 amide bonds. The first-order chi connectivity index (χ1) is 19.5. The van der Waals surface area contributed by atoms with Gasteiger partial charge in [0.25, 0.3) is 0 Å². The molecule has 0 unspecified atom stereocenters. The van der Waals surface area contributed by atoms with E-state index in [0.717, 1.165) is 43.4 Å². The molecule has 206 valence electrons. The second kappa shape index (κ2) is 11.0. The van der Waals surface area contributed by atoms with Crippen molar-refractivity contribution in [1.82, 2.24) is 39.9 Å². The van der Waals surface area contributed by atoms with Crippen LogP contribution in [0.5, 0.6) is 0 Å². The van der Waals surface area contributed by atoms with Crippen LogP contribution in [0.2, 0.25) is 0 Å². The second-order valence-electron chi connectivity index (χ2n) is 9.77. The van der Waals surface area contributed by atoms with Crippen molar-refractivity contribution in [2.45, 2.75) is 6.04 Å². The van der Waals surface area contributed by atoms with Gasteiger partial charge in [-0.15, -0.1) is 0 Å². The Morgan fingerprint density at radius 1 is 1.18 bits per heavy atom. The van der Waals surface area contributed by atoms with E-state index in [-0.39, 0.29) is 24.2 Å². The number of hydrogen-bond donors (Lipinski definition) is 4. The number of fused-ring (bicyclic) bond motifs is 2. The number of amides is 1. The van der Waals surface area contributed by atoms with Crippen LogP contribution in [-0.4, -0.2) is 98.8 Å². The van der Waals surface area contributed by atoms with Gasteiger partial charge in [-0.3, -0.25) is 19.8 Å². The third-order valence-electron chi connectivity index (χ3n) is 7.12. The maximum absolute atomic E-state index is 15.0. The van der Waals surface area contributed by atoms with Gasteiger partial charge in [-0.25, -0.2) is 14.4 Å². The number of pyridine rings is 1. The molecule has 6 rings (SSSR count). The molecule has 40 heavy (non-hydrogen) atoms. The Morgan fingerprint density at radius 3 is 2.85 bits per heavy atom. The van der Waals surface area contributed by atoms with E-state index in [1.165, 1.54) is 0 Å². The van der Waals surface area contributed by atoms with Crippen molar-refractivity contribution in [3.8, 4) is 11.3 Å². The van der Waals surface area contributed by atoms with Crippen LogP contribution in [-0.2, 0) is 9.53 Å². The Hall–Kier alpha value is -4.46. The SMILES string of the molecule is COC[C@H](C(=O)Nc1cccc2c(-c3nc(Nc4cnc5cn[nH]c5c4)ncc3F)c[nH]c12)N1CCN(C)CC1. The van der Waals surface area contributed by atoms with Crippen LogP contribution in [0.1, 0.15) is 0 Å². The van der Waals surface area contributed by atoms with Gasteiger partial charge in [0, 0.05) is 50.4 Å². The number of anilines is 3. The minimum atomic E-state index is -0.571. The number of H-pyrrole nitrogens is 2. The van der Waals surface area contributed by atoms with Crippen LogP contribution >= 0.6 is 0 Å². The monoisotopic (exact) mass is 544 g/mol. The number of aromatic nitrogens is 6.